The Morgan fingerprint density at radius 3 is 2.62 bits per heavy atom. The van der Waals surface area contributed by atoms with Crippen LogP contribution < -0.4 is 5.32 Å². The Balaban J connectivity index is 2.35. The average molecular weight is 419 g/mol. The van der Waals surface area contributed by atoms with Gasteiger partial charge in [-0.1, -0.05) is 35.0 Å². The van der Waals surface area contributed by atoms with Gasteiger partial charge in [0.1, 0.15) is 11.6 Å². The highest BCUT2D eigenvalue weighted by atomic mass is 79.9. The zero-order valence-corrected chi connectivity index (χ0v) is 14.6. The SMILES string of the molecule is CCNC(Cc1cc(Br)ccc1F)c1cccc(Br)c1F. The molecule has 0 radical (unpaired) electrons. The first-order valence-corrected chi connectivity index (χ1v) is 8.22. The van der Waals surface area contributed by atoms with E-state index >= 15 is 0 Å². The van der Waals surface area contributed by atoms with Crippen LogP contribution in [0.4, 0.5) is 8.78 Å². The smallest absolute Gasteiger partial charge is 0.142 e. The molecule has 1 unspecified atom stereocenters. The molecule has 0 saturated heterocycles. The van der Waals surface area contributed by atoms with Crippen LogP contribution in [0.1, 0.15) is 24.1 Å². The zero-order chi connectivity index (χ0) is 15.4. The quantitative estimate of drug-likeness (QED) is 0.686. The highest BCUT2D eigenvalue weighted by molar-refractivity contribution is 9.10. The Morgan fingerprint density at radius 2 is 1.90 bits per heavy atom. The summed E-state index contributed by atoms with van der Waals surface area (Å²) in [5.41, 5.74) is 1.08. The molecular formula is C16H15Br2F2N. The Morgan fingerprint density at radius 1 is 1.14 bits per heavy atom. The summed E-state index contributed by atoms with van der Waals surface area (Å²) in [6.45, 7) is 2.62. The summed E-state index contributed by atoms with van der Waals surface area (Å²) in [7, 11) is 0. The molecule has 5 heteroatoms. The molecule has 2 rings (SSSR count). The number of likely N-dealkylation sites (N-methyl/N-ethyl adjacent to an activating group) is 1. The van der Waals surface area contributed by atoms with Gasteiger partial charge in [-0.3, -0.25) is 0 Å². The summed E-state index contributed by atoms with van der Waals surface area (Å²) in [5.74, 6) is -0.588. The van der Waals surface area contributed by atoms with Crippen molar-refractivity contribution in [1.29, 1.82) is 0 Å². The molecule has 0 amide bonds. The van der Waals surface area contributed by atoms with Gasteiger partial charge in [0.25, 0.3) is 0 Å². The Bertz CT molecular complexity index is 632. The maximum absolute atomic E-state index is 14.3. The first-order chi connectivity index (χ1) is 10.0. The molecule has 21 heavy (non-hydrogen) atoms. The molecule has 0 heterocycles. The van der Waals surface area contributed by atoms with Crippen LogP contribution in [0.2, 0.25) is 0 Å². The minimum atomic E-state index is -0.307. The molecule has 2 aromatic rings. The molecule has 0 fully saturated rings. The van der Waals surface area contributed by atoms with Gasteiger partial charge in [0, 0.05) is 16.1 Å². The summed E-state index contributed by atoms with van der Waals surface area (Å²) in [6, 6.07) is 9.68. The van der Waals surface area contributed by atoms with Crippen molar-refractivity contribution in [3.8, 4) is 0 Å². The maximum Gasteiger partial charge on any atom is 0.142 e. The van der Waals surface area contributed by atoms with E-state index in [4.69, 9.17) is 0 Å². The fraction of sp³-hybridized carbons (Fsp3) is 0.250. The van der Waals surface area contributed by atoms with Crippen LogP contribution in [0.5, 0.6) is 0 Å². The third-order valence-corrected chi connectivity index (χ3v) is 4.34. The van der Waals surface area contributed by atoms with E-state index in [0.717, 1.165) is 4.47 Å². The molecule has 0 aromatic heterocycles. The molecular weight excluding hydrogens is 404 g/mol. The van der Waals surface area contributed by atoms with Crippen LogP contribution in [-0.4, -0.2) is 6.54 Å². The van der Waals surface area contributed by atoms with E-state index in [9.17, 15) is 8.78 Å². The summed E-state index contributed by atoms with van der Waals surface area (Å²) < 4.78 is 29.4. The van der Waals surface area contributed by atoms with Crippen molar-refractivity contribution in [3.63, 3.8) is 0 Å². The van der Waals surface area contributed by atoms with Crippen LogP contribution in [0, 0.1) is 11.6 Å². The second-order valence-corrected chi connectivity index (χ2v) is 6.46. The van der Waals surface area contributed by atoms with Crippen LogP contribution in [0.25, 0.3) is 0 Å². The van der Waals surface area contributed by atoms with Gasteiger partial charge < -0.3 is 5.32 Å². The normalized spacial score (nSPS) is 12.4. The number of halogens is 4. The molecule has 2 aromatic carbocycles. The molecule has 1 atom stereocenters. The van der Waals surface area contributed by atoms with Crippen LogP contribution in [0.15, 0.2) is 45.3 Å². The molecule has 1 N–H and O–H groups in total. The lowest BCUT2D eigenvalue weighted by Gasteiger charge is -2.20. The minimum absolute atomic E-state index is 0.281. The summed E-state index contributed by atoms with van der Waals surface area (Å²) in [6.07, 6.45) is 0.381. The minimum Gasteiger partial charge on any atom is -0.310 e. The predicted octanol–water partition coefficient (Wildman–Crippen LogP) is 5.38. The topological polar surface area (TPSA) is 12.0 Å². The van der Waals surface area contributed by atoms with Crippen LogP contribution >= 0.6 is 31.9 Å². The van der Waals surface area contributed by atoms with Gasteiger partial charge in [-0.05, 0) is 58.7 Å². The van der Waals surface area contributed by atoms with Gasteiger partial charge >= 0.3 is 0 Å². The summed E-state index contributed by atoms with van der Waals surface area (Å²) in [4.78, 5) is 0. The Kier molecular flexibility index (Phi) is 5.90. The van der Waals surface area contributed by atoms with Gasteiger partial charge in [0.15, 0.2) is 0 Å². The van der Waals surface area contributed by atoms with Crippen LogP contribution in [0.3, 0.4) is 0 Å². The van der Waals surface area contributed by atoms with Gasteiger partial charge in [0.2, 0.25) is 0 Å². The van der Waals surface area contributed by atoms with Gasteiger partial charge in [-0.25, -0.2) is 8.78 Å². The van der Waals surface area contributed by atoms with Gasteiger partial charge in [-0.15, -0.1) is 0 Å². The fourth-order valence-corrected chi connectivity index (χ4v) is 3.04. The maximum atomic E-state index is 14.3. The highest BCUT2D eigenvalue weighted by Crippen LogP contribution is 2.27. The van der Waals surface area contributed by atoms with Crippen molar-refractivity contribution in [3.05, 3.63) is 68.1 Å². The van der Waals surface area contributed by atoms with E-state index in [-0.39, 0.29) is 17.7 Å². The molecule has 112 valence electrons. The molecule has 0 aliphatic rings. The molecule has 0 spiro atoms. The number of nitrogens with one attached hydrogen (secondary N) is 1. The number of hydrogen-bond donors (Lipinski definition) is 1. The van der Waals surface area contributed by atoms with Crippen molar-refractivity contribution >= 4 is 31.9 Å². The molecule has 0 aliphatic carbocycles. The van der Waals surface area contributed by atoms with E-state index in [1.165, 1.54) is 6.07 Å². The molecule has 0 saturated carbocycles. The third-order valence-electron chi connectivity index (χ3n) is 3.24. The molecule has 0 bridgehead atoms. The van der Waals surface area contributed by atoms with Crippen molar-refractivity contribution in [1.82, 2.24) is 5.32 Å². The molecule has 0 aliphatic heterocycles. The third kappa shape index (κ3) is 4.11. The first-order valence-electron chi connectivity index (χ1n) is 6.64. The zero-order valence-electron chi connectivity index (χ0n) is 11.5. The number of benzene rings is 2. The van der Waals surface area contributed by atoms with Crippen molar-refractivity contribution in [2.24, 2.45) is 0 Å². The highest BCUT2D eigenvalue weighted by Gasteiger charge is 2.18. The summed E-state index contributed by atoms with van der Waals surface area (Å²) >= 11 is 6.53. The largest absolute Gasteiger partial charge is 0.310 e. The lowest BCUT2D eigenvalue weighted by molar-refractivity contribution is 0.496. The van der Waals surface area contributed by atoms with Crippen molar-refractivity contribution in [2.45, 2.75) is 19.4 Å². The second-order valence-electron chi connectivity index (χ2n) is 4.69. The second kappa shape index (κ2) is 7.47. The lowest BCUT2D eigenvalue weighted by atomic mass is 9.98. The van der Waals surface area contributed by atoms with E-state index in [2.05, 4.69) is 37.2 Å². The fourth-order valence-electron chi connectivity index (χ4n) is 2.25. The van der Waals surface area contributed by atoms with E-state index < -0.39 is 0 Å². The molecule has 1 nitrogen and oxygen atoms in total. The first kappa shape index (κ1) is 16.6. The monoisotopic (exact) mass is 417 g/mol. The summed E-state index contributed by atoms with van der Waals surface area (Å²) in [5, 5.41) is 3.22. The van der Waals surface area contributed by atoms with E-state index in [1.54, 1.807) is 30.3 Å². The lowest BCUT2D eigenvalue weighted by Crippen LogP contribution is -2.24. The Hall–Kier alpha value is -0.780. The van der Waals surface area contributed by atoms with Crippen molar-refractivity contribution in [2.75, 3.05) is 6.54 Å². The number of hydrogen-bond acceptors (Lipinski definition) is 1. The van der Waals surface area contributed by atoms with E-state index in [1.807, 2.05) is 6.92 Å². The number of rotatable bonds is 5. The van der Waals surface area contributed by atoms with Gasteiger partial charge in [-0.2, -0.15) is 0 Å². The predicted molar refractivity (Wildman–Crippen MR) is 88.3 cm³/mol. The van der Waals surface area contributed by atoms with Crippen LogP contribution in [-0.2, 0) is 6.42 Å². The van der Waals surface area contributed by atoms with Gasteiger partial charge in [0.05, 0.1) is 4.47 Å². The van der Waals surface area contributed by atoms with Crippen molar-refractivity contribution < 1.29 is 8.78 Å². The Labute approximate surface area is 140 Å². The standard InChI is InChI=1S/C16H15Br2F2N/c1-2-21-15(12-4-3-5-13(18)16(12)20)9-10-8-11(17)6-7-14(10)19/h3-8,15,21H,2,9H2,1H3. The average Bonchev–Trinajstić information content (AvgIpc) is 2.45. The van der Waals surface area contributed by atoms with E-state index in [0.29, 0.717) is 28.6 Å².